The summed E-state index contributed by atoms with van der Waals surface area (Å²) in [6.45, 7) is 6.14. The summed E-state index contributed by atoms with van der Waals surface area (Å²) in [6.07, 6.45) is 0. The second kappa shape index (κ2) is 6.14. The molecule has 0 heterocycles. The summed E-state index contributed by atoms with van der Waals surface area (Å²) in [5, 5.41) is 9.23. The molecule has 0 saturated heterocycles. The van der Waals surface area contributed by atoms with E-state index < -0.39 is 5.97 Å². The molecule has 0 fully saturated rings. The molecular formula is C17H18O2S. The fraction of sp³-hybridized carbons (Fsp3) is 0.235. The summed E-state index contributed by atoms with van der Waals surface area (Å²) >= 11 is 1.58. The van der Waals surface area contributed by atoms with Gasteiger partial charge >= 0.3 is 5.97 Å². The Hall–Kier alpha value is -1.74. The Kier molecular flexibility index (Phi) is 4.50. The van der Waals surface area contributed by atoms with Gasteiger partial charge in [-0.05, 0) is 44.0 Å². The molecule has 0 amide bonds. The van der Waals surface area contributed by atoms with E-state index in [-0.39, 0.29) is 0 Å². The summed E-state index contributed by atoms with van der Waals surface area (Å²) < 4.78 is 0. The number of carbonyl (C=O) groups is 1. The highest BCUT2D eigenvalue weighted by atomic mass is 32.2. The predicted octanol–water partition coefficient (Wildman–Crippen LogP) is 4.60. The lowest BCUT2D eigenvalue weighted by Gasteiger charge is -2.08. The molecule has 104 valence electrons. The third-order valence-corrected chi connectivity index (χ3v) is 4.17. The summed E-state index contributed by atoms with van der Waals surface area (Å²) in [7, 11) is 0. The van der Waals surface area contributed by atoms with E-state index in [1.54, 1.807) is 17.8 Å². The molecule has 2 aromatic rings. The van der Waals surface area contributed by atoms with Crippen LogP contribution in [-0.2, 0) is 5.75 Å². The molecule has 2 nitrogen and oxygen atoms in total. The molecule has 3 heteroatoms. The van der Waals surface area contributed by atoms with Gasteiger partial charge in [-0.15, -0.1) is 11.8 Å². The van der Waals surface area contributed by atoms with Crippen LogP contribution in [0.3, 0.4) is 0 Å². The molecule has 0 aliphatic rings. The average Bonchev–Trinajstić information content (AvgIpc) is 2.35. The lowest BCUT2D eigenvalue weighted by molar-refractivity contribution is 0.0693. The third-order valence-electron chi connectivity index (χ3n) is 3.04. The average molecular weight is 286 g/mol. The molecule has 0 aliphatic heterocycles. The Bertz CT molecular complexity index is 627. The van der Waals surface area contributed by atoms with Crippen molar-refractivity contribution < 1.29 is 9.90 Å². The van der Waals surface area contributed by atoms with Crippen molar-refractivity contribution in [1.29, 1.82) is 0 Å². The number of carboxylic acids is 1. The van der Waals surface area contributed by atoms with Crippen LogP contribution in [0.2, 0.25) is 0 Å². The van der Waals surface area contributed by atoms with Crippen LogP contribution < -0.4 is 0 Å². The van der Waals surface area contributed by atoms with Crippen LogP contribution in [0.5, 0.6) is 0 Å². The number of hydrogen-bond acceptors (Lipinski definition) is 2. The van der Waals surface area contributed by atoms with E-state index in [0.717, 1.165) is 16.2 Å². The van der Waals surface area contributed by atoms with E-state index in [9.17, 15) is 9.90 Å². The smallest absolute Gasteiger partial charge is 0.336 e. The molecule has 2 aromatic carbocycles. The Morgan fingerprint density at radius 3 is 2.25 bits per heavy atom. The van der Waals surface area contributed by atoms with E-state index in [2.05, 4.69) is 32.0 Å². The minimum Gasteiger partial charge on any atom is -0.478 e. The minimum atomic E-state index is -0.868. The molecule has 0 aliphatic carbocycles. The number of rotatable bonds is 4. The number of thioether (sulfide) groups is 1. The van der Waals surface area contributed by atoms with Crippen molar-refractivity contribution in [3.8, 4) is 0 Å². The molecule has 0 atom stereocenters. The van der Waals surface area contributed by atoms with Crippen molar-refractivity contribution in [2.45, 2.75) is 31.4 Å². The Labute approximate surface area is 123 Å². The van der Waals surface area contributed by atoms with Gasteiger partial charge in [-0.2, -0.15) is 0 Å². The van der Waals surface area contributed by atoms with E-state index in [1.165, 1.54) is 16.7 Å². The first-order valence-corrected chi connectivity index (χ1v) is 7.48. The van der Waals surface area contributed by atoms with E-state index >= 15 is 0 Å². The van der Waals surface area contributed by atoms with Crippen LogP contribution in [0.25, 0.3) is 0 Å². The van der Waals surface area contributed by atoms with Gasteiger partial charge in [0.15, 0.2) is 0 Å². The van der Waals surface area contributed by atoms with E-state index in [0.29, 0.717) is 5.56 Å². The highest BCUT2D eigenvalue weighted by molar-refractivity contribution is 7.98. The van der Waals surface area contributed by atoms with Crippen LogP contribution in [0.4, 0.5) is 0 Å². The quantitative estimate of drug-likeness (QED) is 0.834. The van der Waals surface area contributed by atoms with Gasteiger partial charge in [-0.3, -0.25) is 0 Å². The summed E-state index contributed by atoms with van der Waals surface area (Å²) in [5.41, 5.74) is 5.17. The molecule has 0 radical (unpaired) electrons. The monoisotopic (exact) mass is 286 g/mol. The van der Waals surface area contributed by atoms with Gasteiger partial charge in [0.25, 0.3) is 0 Å². The van der Waals surface area contributed by atoms with Crippen molar-refractivity contribution in [3.05, 3.63) is 64.2 Å². The fourth-order valence-corrected chi connectivity index (χ4v) is 3.31. The zero-order valence-electron chi connectivity index (χ0n) is 11.9. The predicted molar refractivity (Wildman–Crippen MR) is 83.6 cm³/mol. The highest BCUT2D eigenvalue weighted by Gasteiger charge is 2.10. The van der Waals surface area contributed by atoms with Gasteiger partial charge in [0.2, 0.25) is 0 Å². The first-order chi connectivity index (χ1) is 9.45. The SMILES string of the molecule is Cc1cc(C)cc(CSc2cc(C)ccc2C(=O)O)c1. The fourth-order valence-electron chi connectivity index (χ4n) is 2.24. The highest BCUT2D eigenvalue weighted by Crippen LogP contribution is 2.28. The molecule has 0 saturated carbocycles. The second-order valence-electron chi connectivity index (χ2n) is 5.09. The maximum Gasteiger partial charge on any atom is 0.336 e. The topological polar surface area (TPSA) is 37.3 Å². The first kappa shape index (κ1) is 14.7. The number of benzene rings is 2. The molecule has 0 spiro atoms. The molecule has 20 heavy (non-hydrogen) atoms. The number of aromatic carboxylic acids is 1. The van der Waals surface area contributed by atoms with E-state index in [4.69, 9.17) is 0 Å². The van der Waals surface area contributed by atoms with Gasteiger partial charge < -0.3 is 5.11 Å². The Morgan fingerprint density at radius 2 is 1.65 bits per heavy atom. The molecule has 0 bridgehead atoms. The van der Waals surface area contributed by atoms with Crippen molar-refractivity contribution in [2.24, 2.45) is 0 Å². The molecule has 1 N–H and O–H groups in total. The van der Waals surface area contributed by atoms with Crippen molar-refractivity contribution in [1.82, 2.24) is 0 Å². The van der Waals surface area contributed by atoms with Crippen molar-refractivity contribution >= 4 is 17.7 Å². The van der Waals surface area contributed by atoms with Gasteiger partial charge in [-0.25, -0.2) is 4.79 Å². The number of hydrogen-bond donors (Lipinski definition) is 1. The third kappa shape index (κ3) is 3.64. The van der Waals surface area contributed by atoms with Crippen LogP contribution in [0.1, 0.15) is 32.6 Å². The molecule has 0 aromatic heterocycles. The maximum absolute atomic E-state index is 11.2. The molecular weight excluding hydrogens is 268 g/mol. The Balaban J connectivity index is 2.22. The lowest BCUT2D eigenvalue weighted by atomic mass is 10.1. The van der Waals surface area contributed by atoms with Gasteiger partial charge in [0, 0.05) is 10.6 Å². The standard InChI is InChI=1S/C17H18O2S/c1-11-4-5-15(17(18)19)16(9-11)20-10-14-7-12(2)6-13(3)8-14/h4-9H,10H2,1-3H3,(H,18,19). The molecule has 0 unspecified atom stereocenters. The zero-order valence-corrected chi connectivity index (χ0v) is 12.8. The summed E-state index contributed by atoms with van der Waals surface area (Å²) in [6, 6.07) is 11.9. The minimum absolute atomic E-state index is 0.380. The van der Waals surface area contributed by atoms with Gasteiger partial charge in [0.1, 0.15) is 0 Å². The second-order valence-corrected chi connectivity index (χ2v) is 6.11. The first-order valence-electron chi connectivity index (χ1n) is 6.49. The zero-order chi connectivity index (χ0) is 14.7. The number of aryl methyl sites for hydroxylation is 3. The van der Waals surface area contributed by atoms with Crippen LogP contribution in [0.15, 0.2) is 41.3 Å². The summed E-state index contributed by atoms with van der Waals surface area (Å²) in [5.74, 6) is -0.0837. The van der Waals surface area contributed by atoms with Crippen LogP contribution in [-0.4, -0.2) is 11.1 Å². The van der Waals surface area contributed by atoms with Crippen molar-refractivity contribution in [2.75, 3.05) is 0 Å². The van der Waals surface area contributed by atoms with Crippen molar-refractivity contribution in [3.63, 3.8) is 0 Å². The van der Waals surface area contributed by atoms with Gasteiger partial charge in [-0.1, -0.05) is 35.4 Å². The summed E-state index contributed by atoms with van der Waals surface area (Å²) in [4.78, 5) is 12.1. The van der Waals surface area contributed by atoms with E-state index in [1.807, 2.05) is 19.1 Å². The lowest BCUT2D eigenvalue weighted by Crippen LogP contribution is -1.99. The Morgan fingerprint density at radius 1 is 1.00 bits per heavy atom. The largest absolute Gasteiger partial charge is 0.478 e. The van der Waals surface area contributed by atoms with Crippen LogP contribution in [0, 0.1) is 20.8 Å². The normalized spacial score (nSPS) is 10.6. The molecule has 2 rings (SSSR count). The number of carboxylic acid groups (broad SMARTS) is 1. The maximum atomic E-state index is 11.2. The van der Waals surface area contributed by atoms with Crippen LogP contribution >= 0.6 is 11.8 Å². The van der Waals surface area contributed by atoms with Gasteiger partial charge in [0.05, 0.1) is 5.56 Å².